The van der Waals surface area contributed by atoms with E-state index in [-0.39, 0.29) is 0 Å². The zero-order valence-corrected chi connectivity index (χ0v) is 11.0. The van der Waals surface area contributed by atoms with E-state index in [1.54, 1.807) is 11.3 Å². The predicted octanol–water partition coefficient (Wildman–Crippen LogP) is 1.95. The first-order valence-corrected chi connectivity index (χ1v) is 6.17. The Hall–Kier alpha value is -0.520. The number of aromatic nitrogens is 1. The third-order valence-electron chi connectivity index (χ3n) is 2.30. The van der Waals surface area contributed by atoms with E-state index in [4.69, 9.17) is 18.0 Å². The van der Waals surface area contributed by atoms with Crippen LogP contribution in [0.3, 0.4) is 0 Å². The quantitative estimate of drug-likeness (QED) is 0.803. The third-order valence-corrected chi connectivity index (χ3v) is 3.42. The van der Waals surface area contributed by atoms with Gasteiger partial charge in [-0.05, 0) is 20.9 Å². The second-order valence-electron chi connectivity index (χ2n) is 3.82. The Balaban J connectivity index is 2.47. The minimum atomic E-state index is 0.367. The molecule has 0 bridgehead atoms. The lowest BCUT2D eigenvalue weighted by atomic mass is 10.2. The molecular formula is C10H17N3S2. The second-order valence-corrected chi connectivity index (χ2v) is 5.28. The highest BCUT2D eigenvalue weighted by Gasteiger charge is 2.12. The number of hydrogen-bond acceptors (Lipinski definition) is 4. The van der Waals surface area contributed by atoms with Gasteiger partial charge in [0.1, 0.15) is 5.01 Å². The molecule has 1 unspecified atom stereocenters. The van der Waals surface area contributed by atoms with E-state index in [2.05, 4.69) is 29.2 Å². The van der Waals surface area contributed by atoms with Crippen LogP contribution in [0.2, 0.25) is 0 Å². The van der Waals surface area contributed by atoms with Crippen LogP contribution in [-0.4, -0.2) is 28.0 Å². The molecule has 1 aromatic rings. The first-order valence-electron chi connectivity index (χ1n) is 4.88. The van der Waals surface area contributed by atoms with Gasteiger partial charge in [-0.25, -0.2) is 4.98 Å². The van der Waals surface area contributed by atoms with Crippen molar-refractivity contribution in [2.24, 2.45) is 5.73 Å². The fourth-order valence-corrected chi connectivity index (χ4v) is 2.37. The van der Waals surface area contributed by atoms with Crippen molar-refractivity contribution in [1.82, 2.24) is 9.88 Å². The summed E-state index contributed by atoms with van der Waals surface area (Å²) in [4.78, 5) is 7.22. The molecule has 1 atom stereocenters. The van der Waals surface area contributed by atoms with Crippen molar-refractivity contribution < 1.29 is 0 Å². The van der Waals surface area contributed by atoms with Gasteiger partial charge in [0.25, 0.3) is 0 Å². The summed E-state index contributed by atoms with van der Waals surface area (Å²) in [5.41, 5.74) is 6.61. The molecule has 0 amide bonds. The van der Waals surface area contributed by atoms with E-state index < -0.39 is 0 Å². The number of hydrogen-bond donors (Lipinski definition) is 1. The molecule has 5 heteroatoms. The largest absolute Gasteiger partial charge is 0.393 e. The standard InChI is InChI=1S/C10H17N3S2/c1-7-6-15-10(12-7)5-13(3)8(2)4-9(11)14/h6,8H,4-5H2,1-3H3,(H2,11,14). The molecular weight excluding hydrogens is 226 g/mol. The highest BCUT2D eigenvalue weighted by atomic mass is 32.1. The average Bonchev–Trinajstić information content (AvgIpc) is 2.50. The Bertz CT molecular complexity index is 335. The van der Waals surface area contributed by atoms with Crippen molar-refractivity contribution in [2.75, 3.05) is 7.05 Å². The van der Waals surface area contributed by atoms with Crippen LogP contribution in [0.4, 0.5) is 0 Å². The van der Waals surface area contributed by atoms with Crippen LogP contribution in [0.25, 0.3) is 0 Å². The van der Waals surface area contributed by atoms with Gasteiger partial charge in [0, 0.05) is 23.5 Å². The molecule has 0 aliphatic rings. The van der Waals surface area contributed by atoms with Crippen molar-refractivity contribution in [2.45, 2.75) is 32.9 Å². The van der Waals surface area contributed by atoms with Gasteiger partial charge >= 0.3 is 0 Å². The van der Waals surface area contributed by atoms with E-state index in [1.807, 2.05) is 6.92 Å². The number of nitrogens with zero attached hydrogens (tertiary/aromatic N) is 2. The van der Waals surface area contributed by atoms with E-state index in [9.17, 15) is 0 Å². The van der Waals surface area contributed by atoms with Crippen LogP contribution >= 0.6 is 23.6 Å². The van der Waals surface area contributed by atoms with E-state index in [0.717, 1.165) is 23.7 Å². The summed E-state index contributed by atoms with van der Waals surface area (Å²) in [6, 6.07) is 0.367. The molecule has 3 nitrogen and oxygen atoms in total. The van der Waals surface area contributed by atoms with E-state index >= 15 is 0 Å². The maximum Gasteiger partial charge on any atom is 0.107 e. The Morgan fingerprint density at radius 2 is 2.40 bits per heavy atom. The van der Waals surface area contributed by atoms with Gasteiger partial charge in [-0.3, -0.25) is 4.90 Å². The lowest BCUT2D eigenvalue weighted by Gasteiger charge is -2.23. The second kappa shape index (κ2) is 5.53. The summed E-state index contributed by atoms with van der Waals surface area (Å²) >= 11 is 6.60. The zero-order chi connectivity index (χ0) is 11.4. The number of rotatable bonds is 5. The van der Waals surface area contributed by atoms with Crippen LogP contribution < -0.4 is 5.73 Å². The highest BCUT2D eigenvalue weighted by Crippen LogP contribution is 2.13. The van der Waals surface area contributed by atoms with Gasteiger partial charge in [0.15, 0.2) is 0 Å². The van der Waals surface area contributed by atoms with E-state index in [0.29, 0.717) is 11.0 Å². The summed E-state index contributed by atoms with van der Waals surface area (Å²) in [5, 5.41) is 3.21. The minimum Gasteiger partial charge on any atom is -0.393 e. The van der Waals surface area contributed by atoms with Crippen molar-refractivity contribution in [3.05, 3.63) is 16.1 Å². The first-order chi connectivity index (χ1) is 6.99. The molecule has 0 aliphatic carbocycles. The van der Waals surface area contributed by atoms with Crippen LogP contribution in [0.1, 0.15) is 24.0 Å². The fraction of sp³-hybridized carbons (Fsp3) is 0.600. The maximum atomic E-state index is 5.52. The third kappa shape index (κ3) is 4.24. The molecule has 0 saturated carbocycles. The monoisotopic (exact) mass is 243 g/mol. The van der Waals surface area contributed by atoms with Crippen LogP contribution in [0.15, 0.2) is 5.38 Å². The summed E-state index contributed by atoms with van der Waals surface area (Å²) in [7, 11) is 2.07. The molecule has 15 heavy (non-hydrogen) atoms. The Morgan fingerprint density at radius 1 is 1.73 bits per heavy atom. The van der Waals surface area contributed by atoms with Crippen molar-refractivity contribution in [3.63, 3.8) is 0 Å². The number of nitrogens with two attached hydrogens (primary N) is 1. The zero-order valence-electron chi connectivity index (χ0n) is 9.36. The molecule has 0 aliphatic heterocycles. The minimum absolute atomic E-state index is 0.367. The van der Waals surface area contributed by atoms with Gasteiger partial charge in [-0.2, -0.15) is 0 Å². The Kier molecular flexibility index (Phi) is 4.63. The first kappa shape index (κ1) is 12.5. The van der Waals surface area contributed by atoms with E-state index in [1.165, 1.54) is 0 Å². The van der Waals surface area contributed by atoms with Crippen LogP contribution in [0, 0.1) is 6.92 Å². The topological polar surface area (TPSA) is 42.1 Å². The number of thiocarbonyl (C=S) groups is 1. The Labute approximate surface area is 100 Å². The van der Waals surface area contributed by atoms with Crippen molar-refractivity contribution in [1.29, 1.82) is 0 Å². The van der Waals surface area contributed by atoms with Crippen molar-refractivity contribution in [3.8, 4) is 0 Å². The molecule has 1 heterocycles. The molecule has 0 saturated heterocycles. The number of aryl methyl sites for hydroxylation is 1. The summed E-state index contributed by atoms with van der Waals surface area (Å²) < 4.78 is 0. The molecule has 1 rings (SSSR count). The van der Waals surface area contributed by atoms with Gasteiger partial charge in [0.05, 0.1) is 11.5 Å². The molecule has 84 valence electrons. The van der Waals surface area contributed by atoms with Gasteiger partial charge in [-0.1, -0.05) is 12.2 Å². The molecule has 0 fully saturated rings. The van der Waals surface area contributed by atoms with Gasteiger partial charge in [0.2, 0.25) is 0 Å². The molecule has 2 N–H and O–H groups in total. The SMILES string of the molecule is Cc1csc(CN(C)C(C)CC(N)=S)n1. The lowest BCUT2D eigenvalue weighted by Crippen LogP contribution is -2.32. The van der Waals surface area contributed by atoms with Crippen molar-refractivity contribution >= 4 is 28.5 Å². The summed E-state index contributed by atoms with van der Waals surface area (Å²) in [6.07, 6.45) is 0.760. The molecule has 0 radical (unpaired) electrons. The highest BCUT2D eigenvalue weighted by molar-refractivity contribution is 7.80. The van der Waals surface area contributed by atoms with Gasteiger partial charge < -0.3 is 5.73 Å². The number of thiazole rings is 1. The predicted molar refractivity (Wildman–Crippen MR) is 69.2 cm³/mol. The lowest BCUT2D eigenvalue weighted by molar-refractivity contribution is 0.255. The average molecular weight is 243 g/mol. The fourth-order valence-electron chi connectivity index (χ4n) is 1.29. The van der Waals surface area contributed by atoms with Crippen LogP contribution in [-0.2, 0) is 6.54 Å². The smallest absolute Gasteiger partial charge is 0.107 e. The normalized spacial score (nSPS) is 13.1. The Morgan fingerprint density at radius 3 is 2.87 bits per heavy atom. The maximum absolute atomic E-state index is 5.52. The summed E-state index contributed by atoms with van der Waals surface area (Å²) in [6.45, 7) is 5.00. The molecule has 1 aromatic heterocycles. The molecule has 0 spiro atoms. The van der Waals surface area contributed by atoms with Crippen LogP contribution in [0.5, 0.6) is 0 Å². The molecule has 0 aromatic carbocycles. The summed E-state index contributed by atoms with van der Waals surface area (Å²) in [5.74, 6) is 0. The van der Waals surface area contributed by atoms with Gasteiger partial charge in [-0.15, -0.1) is 11.3 Å².